The monoisotopic (exact) mass is 243 g/mol. The summed E-state index contributed by atoms with van der Waals surface area (Å²) in [5.74, 6) is 1.95. The number of carbonyl (C=O) groups is 1. The lowest BCUT2D eigenvalue weighted by molar-refractivity contribution is -0.384. The molecule has 0 aliphatic heterocycles. The van der Waals surface area contributed by atoms with Crippen LogP contribution in [0.2, 0.25) is 0 Å². The Morgan fingerprint density at radius 1 is 1.50 bits per heavy atom. The highest BCUT2D eigenvalue weighted by Crippen LogP contribution is 2.21. The molecule has 0 unspecified atom stereocenters. The number of H-pyrrole nitrogens is 1. The standard InChI is InChI=1S/C12H9N3O3/c1-2-5-13-12(16)11-7-8-6-9(15(17)18)3-4-10(8)14-11/h1,3-4,6-7,14H,5H2,(H,13,16). The number of nitrogens with one attached hydrogen (secondary N) is 2. The number of hydrogen-bond donors (Lipinski definition) is 2. The zero-order valence-electron chi connectivity index (χ0n) is 9.27. The van der Waals surface area contributed by atoms with E-state index in [0.717, 1.165) is 0 Å². The second-order valence-corrected chi connectivity index (χ2v) is 3.60. The first-order chi connectivity index (χ1) is 8.61. The van der Waals surface area contributed by atoms with Crippen molar-refractivity contribution in [3.05, 3.63) is 40.1 Å². The van der Waals surface area contributed by atoms with Crippen molar-refractivity contribution in [2.75, 3.05) is 6.54 Å². The van der Waals surface area contributed by atoms with Crippen LogP contribution in [0.4, 0.5) is 5.69 Å². The number of aromatic amines is 1. The van der Waals surface area contributed by atoms with Gasteiger partial charge >= 0.3 is 0 Å². The zero-order chi connectivity index (χ0) is 13.1. The maximum atomic E-state index is 11.6. The van der Waals surface area contributed by atoms with Crippen molar-refractivity contribution in [3.63, 3.8) is 0 Å². The van der Waals surface area contributed by atoms with Gasteiger partial charge < -0.3 is 10.3 Å². The Balaban J connectivity index is 2.36. The first kappa shape index (κ1) is 11.7. The summed E-state index contributed by atoms with van der Waals surface area (Å²) in [5, 5.41) is 13.7. The maximum absolute atomic E-state index is 11.6. The van der Waals surface area contributed by atoms with Crippen LogP contribution in [0, 0.1) is 22.5 Å². The third-order valence-electron chi connectivity index (χ3n) is 2.41. The van der Waals surface area contributed by atoms with Crippen LogP contribution in [-0.4, -0.2) is 22.4 Å². The van der Waals surface area contributed by atoms with Gasteiger partial charge in [0.2, 0.25) is 0 Å². The van der Waals surface area contributed by atoms with Gasteiger partial charge in [0.1, 0.15) is 5.69 Å². The summed E-state index contributed by atoms with van der Waals surface area (Å²) in [6.07, 6.45) is 5.03. The van der Waals surface area contributed by atoms with Crippen LogP contribution in [0.15, 0.2) is 24.3 Å². The summed E-state index contributed by atoms with van der Waals surface area (Å²) in [7, 11) is 0. The Morgan fingerprint density at radius 2 is 2.28 bits per heavy atom. The fourth-order valence-electron chi connectivity index (χ4n) is 1.58. The van der Waals surface area contributed by atoms with Crippen molar-refractivity contribution >= 4 is 22.5 Å². The predicted molar refractivity (Wildman–Crippen MR) is 66.1 cm³/mol. The lowest BCUT2D eigenvalue weighted by Gasteiger charge is -1.96. The van der Waals surface area contributed by atoms with Gasteiger partial charge in [-0.25, -0.2) is 0 Å². The molecule has 0 saturated heterocycles. The Kier molecular flexibility index (Phi) is 2.98. The van der Waals surface area contributed by atoms with E-state index in [9.17, 15) is 14.9 Å². The molecule has 90 valence electrons. The Bertz CT molecular complexity index is 667. The number of fused-ring (bicyclic) bond motifs is 1. The van der Waals surface area contributed by atoms with Crippen molar-refractivity contribution in [3.8, 4) is 12.3 Å². The number of aromatic nitrogens is 1. The summed E-state index contributed by atoms with van der Waals surface area (Å²) in [5.41, 5.74) is 0.962. The van der Waals surface area contributed by atoms with Crippen LogP contribution >= 0.6 is 0 Å². The van der Waals surface area contributed by atoms with E-state index in [-0.39, 0.29) is 18.1 Å². The van der Waals surface area contributed by atoms with Gasteiger partial charge in [0.15, 0.2) is 0 Å². The Hall–Kier alpha value is -2.81. The smallest absolute Gasteiger partial charge is 0.270 e. The second kappa shape index (κ2) is 4.59. The average molecular weight is 243 g/mol. The molecule has 18 heavy (non-hydrogen) atoms. The first-order valence-electron chi connectivity index (χ1n) is 5.10. The molecular formula is C12H9N3O3. The number of benzene rings is 1. The van der Waals surface area contributed by atoms with Crippen LogP contribution in [-0.2, 0) is 0 Å². The first-order valence-corrected chi connectivity index (χ1v) is 5.10. The minimum absolute atomic E-state index is 0.0166. The molecular weight excluding hydrogens is 234 g/mol. The van der Waals surface area contributed by atoms with Gasteiger partial charge in [-0.2, -0.15) is 0 Å². The number of rotatable bonds is 3. The maximum Gasteiger partial charge on any atom is 0.270 e. The van der Waals surface area contributed by atoms with Gasteiger partial charge in [-0.1, -0.05) is 5.92 Å². The molecule has 0 aliphatic rings. The average Bonchev–Trinajstić information content (AvgIpc) is 2.78. The lowest BCUT2D eigenvalue weighted by Crippen LogP contribution is -2.23. The summed E-state index contributed by atoms with van der Waals surface area (Å²) in [4.78, 5) is 24.6. The van der Waals surface area contributed by atoms with Gasteiger partial charge in [-0.3, -0.25) is 14.9 Å². The number of amides is 1. The van der Waals surface area contributed by atoms with Crippen LogP contribution in [0.5, 0.6) is 0 Å². The molecule has 0 atom stereocenters. The molecule has 1 amide bonds. The number of non-ortho nitro benzene ring substituents is 1. The Labute approximate surface area is 102 Å². The van der Waals surface area contributed by atoms with E-state index < -0.39 is 4.92 Å². The number of nitro groups is 1. The normalized spacial score (nSPS) is 9.94. The highest BCUT2D eigenvalue weighted by atomic mass is 16.6. The molecule has 6 heteroatoms. The van der Waals surface area contributed by atoms with Crippen LogP contribution in [0.25, 0.3) is 10.9 Å². The molecule has 0 radical (unpaired) electrons. The van der Waals surface area contributed by atoms with Gasteiger partial charge in [-0.05, 0) is 12.1 Å². The van der Waals surface area contributed by atoms with Crippen LogP contribution < -0.4 is 5.32 Å². The minimum atomic E-state index is -0.482. The highest BCUT2D eigenvalue weighted by molar-refractivity contribution is 5.98. The number of terminal acetylenes is 1. The predicted octanol–water partition coefficient (Wildman–Crippen LogP) is 1.44. The molecule has 1 aromatic carbocycles. The molecule has 2 aromatic rings. The van der Waals surface area contributed by atoms with E-state index in [2.05, 4.69) is 16.2 Å². The summed E-state index contributed by atoms with van der Waals surface area (Å²) in [6.45, 7) is 0.133. The van der Waals surface area contributed by atoms with E-state index in [0.29, 0.717) is 16.6 Å². The van der Waals surface area contributed by atoms with Crippen LogP contribution in [0.3, 0.4) is 0 Å². The van der Waals surface area contributed by atoms with Gasteiger partial charge in [0, 0.05) is 23.0 Å². The molecule has 0 bridgehead atoms. The fourth-order valence-corrected chi connectivity index (χ4v) is 1.58. The molecule has 0 aliphatic carbocycles. The van der Waals surface area contributed by atoms with Gasteiger partial charge in [0.05, 0.1) is 11.5 Å². The van der Waals surface area contributed by atoms with Gasteiger partial charge in [0.25, 0.3) is 11.6 Å². The van der Waals surface area contributed by atoms with Crippen LogP contribution in [0.1, 0.15) is 10.5 Å². The van der Waals surface area contributed by atoms with E-state index in [4.69, 9.17) is 6.42 Å². The fraction of sp³-hybridized carbons (Fsp3) is 0.0833. The SMILES string of the molecule is C#CCNC(=O)c1cc2cc([N+](=O)[O-])ccc2[nH]1. The zero-order valence-corrected chi connectivity index (χ0v) is 9.27. The molecule has 2 rings (SSSR count). The van der Waals surface area contributed by atoms with Crippen molar-refractivity contribution in [2.24, 2.45) is 0 Å². The molecule has 0 spiro atoms. The highest BCUT2D eigenvalue weighted by Gasteiger charge is 2.11. The quantitative estimate of drug-likeness (QED) is 0.485. The molecule has 1 aromatic heterocycles. The number of nitro benzene ring substituents is 1. The third-order valence-corrected chi connectivity index (χ3v) is 2.41. The molecule has 0 saturated carbocycles. The number of hydrogen-bond acceptors (Lipinski definition) is 3. The van der Waals surface area contributed by atoms with Crippen molar-refractivity contribution in [1.82, 2.24) is 10.3 Å². The third kappa shape index (κ3) is 2.15. The van der Waals surface area contributed by atoms with Gasteiger partial charge in [-0.15, -0.1) is 6.42 Å². The largest absolute Gasteiger partial charge is 0.351 e. The molecule has 2 N–H and O–H groups in total. The Morgan fingerprint density at radius 3 is 2.94 bits per heavy atom. The van der Waals surface area contributed by atoms with Crippen molar-refractivity contribution < 1.29 is 9.72 Å². The van der Waals surface area contributed by atoms with Crippen molar-refractivity contribution in [1.29, 1.82) is 0 Å². The van der Waals surface area contributed by atoms with E-state index >= 15 is 0 Å². The molecule has 0 fully saturated rings. The van der Waals surface area contributed by atoms with E-state index in [1.807, 2.05) is 0 Å². The van der Waals surface area contributed by atoms with E-state index in [1.54, 1.807) is 12.1 Å². The van der Waals surface area contributed by atoms with Crippen molar-refractivity contribution in [2.45, 2.75) is 0 Å². The topological polar surface area (TPSA) is 88.0 Å². The summed E-state index contributed by atoms with van der Waals surface area (Å²) in [6, 6.07) is 5.89. The number of carbonyl (C=O) groups excluding carboxylic acids is 1. The van der Waals surface area contributed by atoms with E-state index in [1.165, 1.54) is 12.1 Å². The number of nitrogens with zero attached hydrogens (tertiary/aromatic N) is 1. The second-order valence-electron chi connectivity index (χ2n) is 3.60. The summed E-state index contributed by atoms with van der Waals surface area (Å²) >= 11 is 0. The minimum Gasteiger partial charge on any atom is -0.351 e. The molecule has 1 heterocycles. The lowest BCUT2D eigenvalue weighted by atomic mass is 10.2. The summed E-state index contributed by atoms with van der Waals surface area (Å²) < 4.78 is 0. The molecule has 6 nitrogen and oxygen atoms in total.